The molecule has 2 aromatic rings. The van der Waals surface area contributed by atoms with Gasteiger partial charge in [0, 0.05) is 17.9 Å². The van der Waals surface area contributed by atoms with Crippen molar-refractivity contribution >= 4 is 22.4 Å². The van der Waals surface area contributed by atoms with Crippen LogP contribution in [-0.2, 0) is 0 Å². The fourth-order valence-electron chi connectivity index (χ4n) is 1.64. The largest absolute Gasteiger partial charge is 0.351 e. The first kappa shape index (κ1) is 12.3. The number of carbonyl (C=O) groups excluding carboxylic acids is 1. The van der Waals surface area contributed by atoms with Gasteiger partial charge in [0.05, 0.1) is 5.69 Å². The van der Waals surface area contributed by atoms with Crippen LogP contribution in [0.2, 0.25) is 0 Å². The maximum Gasteiger partial charge on any atom is 0.296 e. The van der Waals surface area contributed by atoms with E-state index in [1.165, 1.54) is 11.3 Å². The lowest BCUT2D eigenvalue weighted by molar-refractivity contribution is 0.0987. The second-order valence-corrected chi connectivity index (χ2v) is 5.95. The summed E-state index contributed by atoms with van der Waals surface area (Å²) in [5.74, 6) is 0.670. The predicted octanol–water partition coefficient (Wildman–Crippen LogP) is 2.78. The summed E-state index contributed by atoms with van der Waals surface area (Å²) in [5.41, 5.74) is 0.866. The van der Waals surface area contributed by atoms with Crippen LogP contribution in [0.25, 0.3) is 0 Å². The summed E-state index contributed by atoms with van der Waals surface area (Å²) in [7, 11) is 0. The molecule has 0 aliphatic heterocycles. The number of amides is 1. The van der Waals surface area contributed by atoms with Crippen molar-refractivity contribution in [2.75, 3.05) is 5.32 Å². The topological polar surface area (TPSA) is 80.9 Å². The third kappa shape index (κ3) is 2.65. The van der Waals surface area contributed by atoms with Crippen molar-refractivity contribution in [2.24, 2.45) is 0 Å². The third-order valence-electron chi connectivity index (χ3n) is 2.90. The summed E-state index contributed by atoms with van der Waals surface area (Å²) < 4.78 is 5.05. The third-order valence-corrected chi connectivity index (χ3v) is 4.04. The fourth-order valence-corrected chi connectivity index (χ4v) is 2.39. The Morgan fingerprint density at radius 3 is 2.89 bits per heavy atom. The summed E-state index contributed by atoms with van der Waals surface area (Å²) in [5, 5.41) is 15.9. The molecule has 3 rings (SSSR count). The molecule has 0 atom stereocenters. The quantitative estimate of drug-likeness (QED) is 0.930. The highest BCUT2D eigenvalue weighted by molar-refractivity contribution is 7.15. The number of rotatable bonds is 4. The monoisotopic (exact) mass is 278 g/mol. The Balaban J connectivity index is 1.68. The molecular formula is C12H14N4O2S. The lowest BCUT2D eigenvalue weighted by Crippen LogP contribution is -2.10. The molecule has 6 nitrogen and oxygen atoms in total. The molecule has 0 spiro atoms. The number of anilines is 1. The first-order chi connectivity index (χ1) is 9.13. The van der Waals surface area contributed by atoms with Gasteiger partial charge in [0.15, 0.2) is 0 Å². The van der Waals surface area contributed by atoms with Crippen LogP contribution >= 0.6 is 11.3 Å². The Bertz CT molecular complexity index is 600. The van der Waals surface area contributed by atoms with Crippen molar-refractivity contribution < 1.29 is 9.32 Å². The van der Waals surface area contributed by atoms with Crippen LogP contribution in [0.5, 0.6) is 0 Å². The standard InChI is InChI=1S/C12H14N4O2S/c1-6(2)11-14-15-12(19-11)13-10(17)9-5-8(16-18-9)7-3-4-7/h5-7H,3-4H2,1-2H3,(H,13,15,17). The van der Waals surface area contributed by atoms with Crippen molar-refractivity contribution in [3.63, 3.8) is 0 Å². The number of aromatic nitrogens is 3. The van der Waals surface area contributed by atoms with Crippen LogP contribution in [0.3, 0.4) is 0 Å². The van der Waals surface area contributed by atoms with Gasteiger partial charge in [-0.3, -0.25) is 10.1 Å². The van der Waals surface area contributed by atoms with Gasteiger partial charge in [-0.05, 0) is 12.8 Å². The Kier molecular flexibility index (Phi) is 3.06. The van der Waals surface area contributed by atoms with E-state index in [1.807, 2.05) is 13.8 Å². The second-order valence-electron chi connectivity index (χ2n) is 4.94. The lowest BCUT2D eigenvalue weighted by atomic mass is 10.2. The van der Waals surface area contributed by atoms with Gasteiger partial charge >= 0.3 is 0 Å². The molecule has 1 saturated carbocycles. The molecule has 19 heavy (non-hydrogen) atoms. The maximum atomic E-state index is 11.9. The summed E-state index contributed by atoms with van der Waals surface area (Å²) in [6.45, 7) is 4.06. The number of nitrogens with zero attached hydrogens (tertiary/aromatic N) is 3. The van der Waals surface area contributed by atoms with Gasteiger partial charge in [0.1, 0.15) is 5.01 Å². The molecule has 1 amide bonds. The highest BCUT2D eigenvalue weighted by atomic mass is 32.1. The van der Waals surface area contributed by atoms with Crippen LogP contribution in [-0.4, -0.2) is 21.3 Å². The van der Waals surface area contributed by atoms with Crippen LogP contribution in [0, 0.1) is 0 Å². The summed E-state index contributed by atoms with van der Waals surface area (Å²) in [4.78, 5) is 11.9. The minimum Gasteiger partial charge on any atom is -0.351 e. The minimum absolute atomic E-state index is 0.225. The maximum absolute atomic E-state index is 11.9. The van der Waals surface area contributed by atoms with Crippen LogP contribution in [0.4, 0.5) is 5.13 Å². The van der Waals surface area contributed by atoms with Crippen molar-refractivity contribution in [1.29, 1.82) is 0 Å². The van der Waals surface area contributed by atoms with Gasteiger partial charge in [-0.1, -0.05) is 30.3 Å². The highest BCUT2D eigenvalue weighted by Crippen LogP contribution is 2.39. The molecule has 1 aliphatic rings. The molecule has 2 heterocycles. The van der Waals surface area contributed by atoms with Gasteiger partial charge in [-0.15, -0.1) is 10.2 Å². The van der Waals surface area contributed by atoms with E-state index < -0.39 is 0 Å². The van der Waals surface area contributed by atoms with Gasteiger partial charge in [0.2, 0.25) is 10.9 Å². The van der Waals surface area contributed by atoms with E-state index in [-0.39, 0.29) is 11.7 Å². The molecule has 0 radical (unpaired) electrons. The van der Waals surface area contributed by atoms with Gasteiger partial charge in [-0.2, -0.15) is 0 Å². The Hall–Kier alpha value is -1.76. The van der Waals surface area contributed by atoms with E-state index in [0.29, 0.717) is 17.0 Å². The summed E-state index contributed by atoms with van der Waals surface area (Å²) in [6.07, 6.45) is 2.25. The lowest BCUT2D eigenvalue weighted by Gasteiger charge is -1.96. The molecule has 100 valence electrons. The molecule has 0 saturated heterocycles. The summed E-state index contributed by atoms with van der Waals surface area (Å²) in [6, 6.07) is 1.71. The van der Waals surface area contributed by atoms with Gasteiger partial charge < -0.3 is 4.52 Å². The van der Waals surface area contributed by atoms with E-state index >= 15 is 0 Å². The zero-order chi connectivity index (χ0) is 13.4. The first-order valence-corrected chi connectivity index (χ1v) is 7.06. The number of hydrogen-bond acceptors (Lipinski definition) is 6. The molecule has 0 unspecified atom stereocenters. The second kappa shape index (κ2) is 4.73. The molecule has 1 fully saturated rings. The minimum atomic E-state index is -0.328. The molecule has 2 aromatic heterocycles. The molecule has 7 heteroatoms. The van der Waals surface area contributed by atoms with Crippen LogP contribution < -0.4 is 5.32 Å². The van der Waals surface area contributed by atoms with E-state index in [0.717, 1.165) is 23.5 Å². The van der Waals surface area contributed by atoms with E-state index in [1.54, 1.807) is 6.07 Å². The number of nitrogens with one attached hydrogen (secondary N) is 1. The summed E-state index contributed by atoms with van der Waals surface area (Å²) >= 11 is 1.37. The predicted molar refractivity (Wildman–Crippen MR) is 70.4 cm³/mol. The SMILES string of the molecule is CC(C)c1nnc(NC(=O)c2cc(C3CC3)no2)s1. The van der Waals surface area contributed by atoms with E-state index in [9.17, 15) is 4.79 Å². The zero-order valence-corrected chi connectivity index (χ0v) is 11.5. The molecule has 1 aliphatic carbocycles. The van der Waals surface area contributed by atoms with Crippen molar-refractivity contribution in [2.45, 2.75) is 38.5 Å². The molecule has 0 bridgehead atoms. The van der Waals surface area contributed by atoms with Crippen molar-refractivity contribution in [3.8, 4) is 0 Å². The Morgan fingerprint density at radius 2 is 2.26 bits per heavy atom. The number of carbonyl (C=O) groups is 1. The Morgan fingerprint density at radius 1 is 1.47 bits per heavy atom. The average molecular weight is 278 g/mol. The van der Waals surface area contributed by atoms with Gasteiger partial charge in [-0.25, -0.2) is 0 Å². The van der Waals surface area contributed by atoms with Gasteiger partial charge in [0.25, 0.3) is 5.91 Å². The first-order valence-electron chi connectivity index (χ1n) is 6.25. The van der Waals surface area contributed by atoms with E-state index in [4.69, 9.17) is 4.52 Å². The molecule has 0 aromatic carbocycles. The zero-order valence-electron chi connectivity index (χ0n) is 10.7. The Labute approximate surface area is 114 Å². The molecular weight excluding hydrogens is 264 g/mol. The highest BCUT2D eigenvalue weighted by Gasteiger charge is 2.28. The molecule has 1 N–H and O–H groups in total. The van der Waals surface area contributed by atoms with Crippen molar-refractivity contribution in [1.82, 2.24) is 15.4 Å². The van der Waals surface area contributed by atoms with Crippen LogP contribution in [0.15, 0.2) is 10.6 Å². The average Bonchev–Trinajstić information content (AvgIpc) is 2.92. The smallest absolute Gasteiger partial charge is 0.296 e. The number of hydrogen-bond donors (Lipinski definition) is 1. The van der Waals surface area contributed by atoms with Crippen LogP contribution in [0.1, 0.15) is 59.8 Å². The fraction of sp³-hybridized carbons (Fsp3) is 0.500. The normalized spacial score (nSPS) is 14.9. The van der Waals surface area contributed by atoms with E-state index in [2.05, 4.69) is 20.7 Å². The van der Waals surface area contributed by atoms with Crippen molar-refractivity contribution in [3.05, 3.63) is 22.5 Å².